The van der Waals surface area contributed by atoms with Gasteiger partial charge in [0.25, 0.3) is 0 Å². The molecule has 2 aromatic rings. The van der Waals surface area contributed by atoms with E-state index in [4.69, 9.17) is 0 Å². The maximum atomic E-state index is 12.5. The molecule has 1 saturated heterocycles. The molecule has 26 heavy (non-hydrogen) atoms. The molecule has 1 N–H and O–H groups in total. The average Bonchev–Trinajstić information content (AvgIpc) is 2.67. The summed E-state index contributed by atoms with van der Waals surface area (Å²) in [5, 5.41) is 2.98. The number of amides is 2. The van der Waals surface area contributed by atoms with Gasteiger partial charge in [0, 0.05) is 42.7 Å². The van der Waals surface area contributed by atoms with Crippen molar-refractivity contribution in [3.8, 4) is 11.8 Å². The minimum absolute atomic E-state index is 0.0152. The Balaban J connectivity index is 1.61. The van der Waals surface area contributed by atoms with Gasteiger partial charge in [-0.05, 0) is 43.2 Å². The molecule has 0 radical (unpaired) electrons. The van der Waals surface area contributed by atoms with Crippen LogP contribution in [0.5, 0.6) is 0 Å². The molecule has 4 heteroatoms. The molecule has 0 saturated carbocycles. The zero-order valence-electron chi connectivity index (χ0n) is 14.9. The third-order valence-electron chi connectivity index (χ3n) is 4.57. The van der Waals surface area contributed by atoms with E-state index in [-0.39, 0.29) is 17.7 Å². The van der Waals surface area contributed by atoms with Gasteiger partial charge in [-0.3, -0.25) is 9.59 Å². The van der Waals surface area contributed by atoms with Crippen molar-refractivity contribution in [3.05, 3.63) is 65.7 Å². The summed E-state index contributed by atoms with van der Waals surface area (Å²) in [6.07, 6.45) is 1.41. The number of nitrogens with zero attached hydrogens (tertiary/aromatic N) is 1. The summed E-state index contributed by atoms with van der Waals surface area (Å²) in [4.78, 5) is 25.7. The van der Waals surface area contributed by atoms with Crippen molar-refractivity contribution in [2.75, 3.05) is 18.4 Å². The van der Waals surface area contributed by atoms with Crippen molar-refractivity contribution >= 4 is 17.5 Å². The minimum Gasteiger partial charge on any atom is -0.343 e. The summed E-state index contributed by atoms with van der Waals surface area (Å²) in [6, 6.07) is 17.4. The van der Waals surface area contributed by atoms with Crippen LogP contribution in [0.15, 0.2) is 54.6 Å². The topological polar surface area (TPSA) is 49.4 Å². The highest BCUT2D eigenvalue weighted by Gasteiger charge is 2.25. The highest BCUT2D eigenvalue weighted by atomic mass is 16.2. The Morgan fingerprint density at radius 3 is 2.31 bits per heavy atom. The molecule has 3 rings (SSSR count). The second-order valence-corrected chi connectivity index (χ2v) is 6.47. The van der Waals surface area contributed by atoms with Gasteiger partial charge in [-0.15, -0.1) is 0 Å². The Kier molecular flexibility index (Phi) is 5.70. The number of hydrogen-bond acceptors (Lipinski definition) is 2. The lowest BCUT2D eigenvalue weighted by Crippen LogP contribution is -2.40. The van der Waals surface area contributed by atoms with Gasteiger partial charge in [0.15, 0.2) is 0 Å². The summed E-state index contributed by atoms with van der Waals surface area (Å²) in [5.41, 5.74) is 2.57. The molecule has 4 nitrogen and oxygen atoms in total. The lowest BCUT2D eigenvalue weighted by Gasteiger charge is -2.30. The van der Waals surface area contributed by atoms with Crippen LogP contribution in [0.25, 0.3) is 0 Å². The Morgan fingerprint density at radius 1 is 0.962 bits per heavy atom. The largest absolute Gasteiger partial charge is 0.343 e. The maximum Gasteiger partial charge on any atom is 0.227 e. The number of nitrogens with one attached hydrogen (secondary N) is 1. The number of likely N-dealkylation sites (tertiary alicyclic amines) is 1. The molecular formula is C22H22N2O2. The molecule has 132 valence electrons. The van der Waals surface area contributed by atoms with E-state index < -0.39 is 0 Å². The molecular weight excluding hydrogens is 324 g/mol. The first-order valence-corrected chi connectivity index (χ1v) is 8.85. The molecule has 1 aliphatic rings. The van der Waals surface area contributed by atoms with Crippen molar-refractivity contribution in [2.24, 2.45) is 5.92 Å². The van der Waals surface area contributed by atoms with Crippen molar-refractivity contribution in [2.45, 2.75) is 19.8 Å². The van der Waals surface area contributed by atoms with Crippen LogP contribution in [0.4, 0.5) is 5.69 Å². The van der Waals surface area contributed by atoms with Crippen LogP contribution >= 0.6 is 0 Å². The predicted molar refractivity (Wildman–Crippen MR) is 102 cm³/mol. The van der Waals surface area contributed by atoms with E-state index in [1.54, 1.807) is 11.8 Å². The van der Waals surface area contributed by atoms with Crippen LogP contribution < -0.4 is 5.32 Å². The van der Waals surface area contributed by atoms with E-state index in [1.165, 1.54) is 0 Å². The summed E-state index contributed by atoms with van der Waals surface area (Å²) < 4.78 is 0. The Labute approximate surface area is 154 Å². The van der Waals surface area contributed by atoms with Crippen molar-refractivity contribution in [3.63, 3.8) is 0 Å². The van der Waals surface area contributed by atoms with Crippen LogP contribution in [0.1, 0.15) is 30.9 Å². The normalized spacial score (nSPS) is 14.3. The monoisotopic (exact) mass is 346 g/mol. The third-order valence-corrected chi connectivity index (χ3v) is 4.57. The Hall–Kier alpha value is -3.06. The van der Waals surface area contributed by atoms with Gasteiger partial charge in [0.2, 0.25) is 11.8 Å². The minimum atomic E-state index is -0.0512. The molecule has 0 aliphatic carbocycles. The van der Waals surface area contributed by atoms with Crippen LogP contribution in [0, 0.1) is 17.8 Å². The smallest absolute Gasteiger partial charge is 0.227 e. The fourth-order valence-corrected chi connectivity index (χ4v) is 3.04. The van der Waals surface area contributed by atoms with Gasteiger partial charge in [-0.1, -0.05) is 36.1 Å². The highest BCUT2D eigenvalue weighted by Crippen LogP contribution is 2.20. The number of carbonyl (C=O) groups is 2. The van der Waals surface area contributed by atoms with E-state index in [0.717, 1.165) is 16.8 Å². The number of carbonyl (C=O) groups excluding carboxylic acids is 2. The van der Waals surface area contributed by atoms with Gasteiger partial charge in [-0.2, -0.15) is 0 Å². The molecule has 0 unspecified atom stereocenters. The lowest BCUT2D eigenvalue weighted by atomic mass is 9.95. The quantitative estimate of drug-likeness (QED) is 0.849. The molecule has 0 aromatic heterocycles. The molecule has 0 spiro atoms. The second kappa shape index (κ2) is 8.35. The summed E-state index contributed by atoms with van der Waals surface area (Å²) in [5.74, 6) is 6.29. The predicted octanol–water partition coefficient (Wildman–Crippen LogP) is 3.28. The molecule has 1 heterocycles. The fraction of sp³-hybridized carbons (Fsp3) is 0.273. The van der Waals surface area contributed by atoms with Crippen molar-refractivity contribution in [1.29, 1.82) is 0 Å². The zero-order chi connectivity index (χ0) is 18.4. The van der Waals surface area contributed by atoms with Crippen LogP contribution in [0.3, 0.4) is 0 Å². The average molecular weight is 346 g/mol. The van der Waals surface area contributed by atoms with Crippen LogP contribution in [-0.2, 0) is 9.59 Å². The Bertz CT molecular complexity index is 841. The van der Waals surface area contributed by atoms with Crippen LogP contribution in [0.2, 0.25) is 0 Å². The summed E-state index contributed by atoms with van der Waals surface area (Å²) in [7, 11) is 0. The van der Waals surface area contributed by atoms with Gasteiger partial charge in [-0.25, -0.2) is 0 Å². The third kappa shape index (κ3) is 4.73. The fourth-order valence-electron chi connectivity index (χ4n) is 3.04. The second-order valence-electron chi connectivity index (χ2n) is 6.47. The molecule has 0 bridgehead atoms. The van der Waals surface area contributed by atoms with Gasteiger partial charge in [0.05, 0.1) is 0 Å². The number of piperidine rings is 1. The summed E-state index contributed by atoms with van der Waals surface area (Å²) in [6.45, 7) is 2.87. The first-order valence-electron chi connectivity index (χ1n) is 8.85. The number of benzene rings is 2. The Morgan fingerprint density at radius 2 is 1.62 bits per heavy atom. The number of anilines is 1. The molecule has 1 aliphatic heterocycles. The van der Waals surface area contributed by atoms with Crippen molar-refractivity contribution in [1.82, 2.24) is 4.90 Å². The first kappa shape index (κ1) is 17.8. The lowest BCUT2D eigenvalue weighted by molar-refractivity contribution is -0.132. The summed E-state index contributed by atoms with van der Waals surface area (Å²) >= 11 is 0. The molecule has 2 aromatic carbocycles. The van der Waals surface area contributed by atoms with E-state index >= 15 is 0 Å². The first-order chi connectivity index (χ1) is 12.6. The van der Waals surface area contributed by atoms with E-state index in [2.05, 4.69) is 17.2 Å². The molecule has 2 amide bonds. The van der Waals surface area contributed by atoms with Gasteiger partial charge >= 0.3 is 0 Å². The maximum absolute atomic E-state index is 12.5. The van der Waals surface area contributed by atoms with Crippen molar-refractivity contribution < 1.29 is 9.59 Å². The standard InChI is InChI=1S/C22H22N2O2/c1-17(25)24-14-12-20(13-15-24)22(26)23-21-9-5-8-19(16-21)11-10-18-6-3-2-4-7-18/h2-9,16,20H,12-15H2,1H3,(H,23,26). The van der Waals surface area contributed by atoms with Gasteiger partial charge < -0.3 is 10.2 Å². The van der Waals surface area contributed by atoms with E-state index in [0.29, 0.717) is 25.9 Å². The molecule has 0 atom stereocenters. The van der Waals surface area contributed by atoms with Gasteiger partial charge in [0.1, 0.15) is 0 Å². The zero-order valence-corrected chi connectivity index (χ0v) is 14.9. The molecule has 1 fully saturated rings. The highest BCUT2D eigenvalue weighted by molar-refractivity contribution is 5.93. The van der Waals surface area contributed by atoms with E-state index in [1.807, 2.05) is 54.6 Å². The number of rotatable bonds is 2. The number of hydrogen-bond donors (Lipinski definition) is 1. The van der Waals surface area contributed by atoms with Crippen LogP contribution in [-0.4, -0.2) is 29.8 Å². The van der Waals surface area contributed by atoms with E-state index in [9.17, 15) is 9.59 Å². The SMILES string of the molecule is CC(=O)N1CCC(C(=O)Nc2cccc(C#Cc3ccccc3)c2)CC1.